The third-order valence-electron chi connectivity index (χ3n) is 1.04. The van der Waals surface area contributed by atoms with E-state index in [4.69, 9.17) is 10.9 Å². The molecule has 0 aliphatic carbocycles. The van der Waals surface area contributed by atoms with E-state index in [1.165, 1.54) is 11.3 Å². The third kappa shape index (κ3) is 1.24. The van der Waals surface area contributed by atoms with Crippen LogP contribution in [0, 0.1) is 0 Å². The van der Waals surface area contributed by atoms with Crippen LogP contribution in [0.3, 0.4) is 0 Å². The fourth-order valence-electron chi connectivity index (χ4n) is 0.505. The van der Waals surface area contributed by atoms with Gasteiger partial charge in [-0.15, -0.1) is 11.3 Å². The van der Waals surface area contributed by atoms with Crippen LogP contribution < -0.4 is 5.73 Å². The quantitative estimate of drug-likeness (QED) is 0.362. The third-order valence-corrected chi connectivity index (χ3v) is 1.72. The number of rotatable bonds is 1. The fourth-order valence-corrected chi connectivity index (χ4v) is 1.11. The number of thiazole rings is 1. The minimum absolute atomic E-state index is 0.480. The Morgan fingerprint density at radius 2 is 2.60 bits per heavy atom. The van der Waals surface area contributed by atoms with Crippen molar-refractivity contribution in [3.05, 3.63) is 11.1 Å². The molecular weight excluding hydrogens is 150 g/mol. The van der Waals surface area contributed by atoms with Crippen molar-refractivity contribution in [3.8, 4) is 0 Å². The summed E-state index contributed by atoms with van der Waals surface area (Å²) in [5, 5.41) is 13.5. The van der Waals surface area contributed by atoms with Crippen molar-refractivity contribution in [3.63, 3.8) is 0 Å². The maximum atomic E-state index is 8.31. The highest BCUT2D eigenvalue weighted by molar-refractivity contribution is 7.13. The first-order chi connectivity index (χ1) is 4.74. The molecule has 0 aliphatic rings. The van der Waals surface area contributed by atoms with Crippen LogP contribution in [0.15, 0.2) is 10.5 Å². The number of nitrogens with two attached hydrogens (primary N) is 1. The van der Waals surface area contributed by atoms with Crippen molar-refractivity contribution in [2.24, 2.45) is 5.16 Å². The number of nitrogens with zero attached hydrogens (tertiary/aromatic N) is 2. The molecule has 0 radical (unpaired) electrons. The summed E-state index contributed by atoms with van der Waals surface area (Å²) < 4.78 is 0. The van der Waals surface area contributed by atoms with Gasteiger partial charge in [0.15, 0.2) is 5.13 Å². The van der Waals surface area contributed by atoms with E-state index in [2.05, 4.69) is 10.1 Å². The highest BCUT2D eigenvalue weighted by Gasteiger charge is 2.00. The van der Waals surface area contributed by atoms with Gasteiger partial charge in [0, 0.05) is 5.38 Å². The van der Waals surface area contributed by atoms with E-state index in [-0.39, 0.29) is 0 Å². The molecule has 5 heteroatoms. The smallest absolute Gasteiger partial charge is 0.180 e. The zero-order chi connectivity index (χ0) is 7.56. The molecule has 0 spiro atoms. The highest BCUT2D eigenvalue weighted by atomic mass is 32.1. The van der Waals surface area contributed by atoms with Crippen LogP contribution in [0.5, 0.6) is 0 Å². The molecule has 0 unspecified atom stereocenters. The molecule has 54 valence electrons. The molecule has 0 aliphatic heterocycles. The molecule has 0 aromatic carbocycles. The molecule has 4 nitrogen and oxygen atoms in total. The van der Waals surface area contributed by atoms with Crippen molar-refractivity contribution in [1.82, 2.24) is 4.98 Å². The minimum atomic E-state index is 0.480. The van der Waals surface area contributed by atoms with E-state index in [9.17, 15) is 0 Å². The SMILES string of the molecule is C/C(=N\O)c1csc(N)n1. The minimum Gasteiger partial charge on any atom is -0.411 e. The van der Waals surface area contributed by atoms with E-state index in [0.717, 1.165) is 0 Å². The molecule has 1 heterocycles. The summed E-state index contributed by atoms with van der Waals surface area (Å²) in [6.07, 6.45) is 0. The Hall–Kier alpha value is -1.10. The van der Waals surface area contributed by atoms with Gasteiger partial charge in [0.2, 0.25) is 0 Å². The first-order valence-electron chi connectivity index (χ1n) is 2.64. The van der Waals surface area contributed by atoms with Crippen molar-refractivity contribution in [2.75, 3.05) is 5.73 Å². The first kappa shape index (κ1) is 7.01. The number of anilines is 1. The molecule has 1 rings (SSSR count). The lowest BCUT2D eigenvalue weighted by Crippen LogP contribution is -1.94. The second-order valence-corrected chi connectivity index (χ2v) is 2.65. The second kappa shape index (κ2) is 2.66. The highest BCUT2D eigenvalue weighted by Crippen LogP contribution is 2.11. The molecule has 0 bridgehead atoms. The monoisotopic (exact) mass is 157 g/mol. The zero-order valence-electron chi connectivity index (χ0n) is 5.40. The van der Waals surface area contributed by atoms with Crippen molar-refractivity contribution in [2.45, 2.75) is 6.92 Å². The van der Waals surface area contributed by atoms with Gasteiger partial charge in [-0.2, -0.15) is 0 Å². The van der Waals surface area contributed by atoms with E-state index in [0.29, 0.717) is 16.5 Å². The number of hydrogen-bond acceptors (Lipinski definition) is 5. The molecular formula is C5H7N3OS. The Morgan fingerprint density at radius 3 is 3.00 bits per heavy atom. The van der Waals surface area contributed by atoms with Crippen molar-refractivity contribution < 1.29 is 5.21 Å². The van der Waals surface area contributed by atoms with E-state index in [1.54, 1.807) is 12.3 Å². The summed E-state index contributed by atoms with van der Waals surface area (Å²) in [7, 11) is 0. The second-order valence-electron chi connectivity index (χ2n) is 1.76. The average molecular weight is 157 g/mol. The van der Waals surface area contributed by atoms with Gasteiger partial charge < -0.3 is 10.9 Å². The molecule has 0 atom stereocenters. The molecule has 3 N–H and O–H groups in total. The van der Waals surface area contributed by atoms with E-state index < -0.39 is 0 Å². The molecule has 0 amide bonds. The Labute approximate surface area is 62.0 Å². The summed E-state index contributed by atoms with van der Waals surface area (Å²) in [6, 6.07) is 0. The lowest BCUT2D eigenvalue weighted by atomic mass is 10.3. The van der Waals surface area contributed by atoms with E-state index in [1.807, 2.05) is 0 Å². The predicted molar refractivity (Wildman–Crippen MR) is 40.5 cm³/mol. The van der Waals surface area contributed by atoms with Gasteiger partial charge in [0.25, 0.3) is 0 Å². The molecule has 0 fully saturated rings. The number of aromatic nitrogens is 1. The van der Waals surface area contributed by atoms with Crippen LogP contribution in [0.1, 0.15) is 12.6 Å². The Morgan fingerprint density at radius 1 is 1.90 bits per heavy atom. The average Bonchev–Trinajstić information content (AvgIpc) is 2.34. The molecule has 10 heavy (non-hydrogen) atoms. The standard InChI is InChI=1S/C5H7N3OS/c1-3(8-9)4-2-10-5(6)7-4/h2,9H,1H3,(H2,6,7)/b8-3+. The van der Waals surface area contributed by atoms with Gasteiger partial charge in [0.1, 0.15) is 11.4 Å². The van der Waals surface area contributed by atoms with E-state index >= 15 is 0 Å². The van der Waals surface area contributed by atoms with Gasteiger partial charge in [-0.05, 0) is 6.92 Å². The topological polar surface area (TPSA) is 71.5 Å². The largest absolute Gasteiger partial charge is 0.411 e. The van der Waals surface area contributed by atoms with Crippen LogP contribution in [0.4, 0.5) is 5.13 Å². The first-order valence-corrected chi connectivity index (χ1v) is 3.52. The summed E-state index contributed by atoms with van der Waals surface area (Å²) in [4.78, 5) is 3.89. The molecule has 1 aromatic rings. The predicted octanol–water partition coefficient (Wildman–Crippen LogP) is 0.924. The van der Waals surface area contributed by atoms with Crippen LogP contribution in [-0.4, -0.2) is 15.9 Å². The maximum Gasteiger partial charge on any atom is 0.180 e. The Balaban J connectivity index is 2.95. The fraction of sp³-hybridized carbons (Fsp3) is 0.200. The van der Waals surface area contributed by atoms with Crippen LogP contribution in [0.25, 0.3) is 0 Å². The van der Waals surface area contributed by atoms with Gasteiger partial charge in [-0.25, -0.2) is 4.98 Å². The normalized spacial score (nSPS) is 11.9. The van der Waals surface area contributed by atoms with Gasteiger partial charge in [-0.1, -0.05) is 5.16 Å². The van der Waals surface area contributed by atoms with Gasteiger partial charge in [0.05, 0.1) is 0 Å². The maximum absolute atomic E-state index is 8.31. The van der Waals surface area contributed by atoms with Crippen LogP contribution >= 0.6 is 11.3 Å². The molecule has 1 aromatic heterocycles. The lowest BCUT2D eigenvalue weighted by molar-refractivity contribution is 0.319. The van der Waals surface area contributed by atoms with Crippen molar-refractivity contribution >= 4 is 22.2 Å². The van der Waals surface area contributed by atoms with Crippen LogP contribution in [-0.2, 0) is 0 Å². The summed E-state index contributed by atoms with van der Waals surface area (Å²) in [5.41, 5.74) is 6.45. The zero-order valence-corrected chi connectivity index (χ0v) is 6.22. The number of oxime groups is 1. The summed E-state index contributed by atoms with van der Waals surface area (Å²) >= 11 is 1.32. The Kier molecular flexibility index (Phi) is 1.86. The summed E-state index contributed by atoms with van der Waals surface area (Å²) in [5.74, 6) is 0. The number of nitrogen functional groups attached to an aromatic ring is 1. The molecule has 0 saturated carbocycles. The van der Waals surface area contributed by atoms with Crippen molar-refractivity contribution in [1.29, 1.82) is 0 Å². The van der Waals surface area contributed by atoms with Crippen LogP contribution in [0.2, 0.25) is 0 Å². The number of hydrogen-bond donors (Lipinski definition) is 2. The molecule has 0 saturated heterocycles. The Bertz CT molecular complexity index is 255. The lowest BCUT2D eigenvalue weighted by Gasteiger charge is -1.86. The van der Waals surface area contributed by atoms with Gasteiger partial charge in [-0.3, -0.25) is 0 Å². The summed E-state index contributed by atoms with van der Waals surface area (Å²) in [6.45, 7) is 1.66. The van der Waals surface area contributed by atoms with Gasteiger partial charge >= 0.3 is 0 Å².